The zero-order chi connectivity index (χ0) is 26.0. The standard InChI is InChI=1S/C28H8F2N6/c29-19-1-3-21(15(5-19)9-31)23-7-25-26(27(23)17(11-33)12-34)8-24(28(25)18(13-35)14-36)22-4-2-20(30)6-16(22)10-32/h1-8H. The van der Waals surface area contributed by atoms with E-state index < -0.39 is 11.6 Å². The SMILES string of the molecule is N#CC(C#N)=C1C(c2ccc(F)cc2C#N)=CC2=C1C=C(c1ccc(F)cc1C#N)C2=C(C#N)C#N. The molecule has 0 saturated heterocycles. The molecule has 0 unspecified atom stereocenters. The summed E-state index contributed by atoms with van der Waals surface area (Å²) >= 11 is 0. The molecule has 0 atom stereocenters. The van der Waals surface area contributed by atoms with E-state index in [9.17, 15) is 40.4 Å². The zero-order valence-electron chi connectivity index (χ0n) is 18.1. The fourth-order valence-electron chi connectivity index (χ4n) is 4.22. The first-order valence-corrected chi connectivity index (χ1v) is 10.1. The summed E-state index contributed by atoms with van der Waals surface area (Å²) in [5.74, 6) is -1.31. The van der Waals surface area contributed by atoms with Crippen LogP contribution in [0.1, 0.15) is 22.3 Å². The van der Waals surface area contributed by atoms with Crippen LogP contribution in [0.4, 0.5) is 8.78 Å². The number of nitriles is 6. The smallest absolute Gasteiger partial charge is 0.138 e. The minimum atomic E-state index is -0.653. The minimum Gasteiger partial charge on any atom is -0.207 e. The van der Waals surface area contributed by atoms with Crippen molar-refractivity contribution in [2.24, 2.45) is 0 Å². The van der Waals surface area contributed by atoms with Gasteiger partial charge in [-0.1, -0.05) is 12.1 Å². The van der Waals surface area contributed by atoms with Gasteiger partial charge in [-0.25, -0.2) is 8.78 Å². The van der Waals surface area contributed by atoms with Crippen LogP contribution in [0.15, 0.2) is 82.0 Å². The van der Waals surface area contributed by atoms with Gasteiger partial charge in [0, 0.05) is 22.3 Å². The molecule has 2 aliphatic carbocycles. The van der Waals surface area contributed by atoms with Gasteiger partial charge in [0.05, 0.1) is 23.3 Å². The summed E-state index contributed by atoms with van der Waals surface area (Å²) in [6.45, 7) is 0. The average Bonchev–Trinajstić information content (AvgIpc) is 3.42. The highest BCUT2D eigenvalue weighted by atomic mass is 19.1. The van der Waals surface area contributed by atoms with E-state index in [1.165, 1.54) is 24.3 Å². The van der Waals surface area contributed by atoms with Gasteiger partial charge in [0.15, 0.2) is 0 Å². The van der Waals surface area contributed by atoms with Crippen LogP contribution in [0, 0.1) is 79.6 Å². The van der Waals surface area contributed by atoms with Gasteiger partial charge in [-0.2, -0.15) is 31.6 Å². The lowest BCUT2D eigenvalue weighted by Gasteiger charge is -2.13. The first-order chi connectivity index (χ1) is 17.4. The maximum Gasteiger partial charge on any atom is 0.138 e. The molecule has 2 aromatic carbocycles. The van der Waals surface area contributed by atoms with Crippen molar-refractivity contribution in [1.29, 1.82) is 31.6 Å². The van der Waals surface area contributed by atoms with E-state index in [2.05, 4.69) is 0 Å². The lowest BCUT2D eigenvalue weighted by molar-refractivity contribution is 0.627. The lowest BCUT2D eigenvalue weighted by Crippen LogP contribution is -1.98. The highest BCUT2D eigenvalue weighted by Crippen LogP contribution is 2.51. The second-order valence-electron chi connectivity index (χ2n) is 7.49. The van der Waals surface area contributed by atoms with Gasteiger partial charge >= 0.3 is 0 Å². The van der Waals surface area contributed by atoms with Gasteiger partial charge in [0.1, 0.15) is 47.1 Å². The molecule has 0 aliphatic heterocycles. The molecule has 0 heterocycles. The van der Waals surface area contributed by atoms with Gasteiger partial charge in [-0.05, 0) is 58.7 Å². The van der Waals surface area contributed by atoms with E-state index in [4.69, 9.17) is 0 Å². The van der Waals surface area contributed by atoms with Crippen LogP contribution >= 0.6 is 0 Å². The van der Waals surface area contributed by atoms with Crippen LogP contribution in [-0.2, 0) is 0 Å². The molecule has 0 aromatic heterocycles. The molecule has 0 N–H and O–H groups in total. The van der Waals surface area contributed by atoms with E-state index in [0.29, 0.717) is 11.1 Å². The number of allylic oxidation sites excluding steroid dienone is 10. The Morgan fingerprint density at radius 3 is 1.22 bits per heavy atom. The second kappa shape index (κ2) is 9.06. The Labute approximate surface area is 204 Å². The Kier molecular flexibility index (Phi) is 5.82. The molecular formula is C28H8F2N6. The fraction of sp³-hybridized carbons (Fsp3) is 0. The monoisotopic (exact) mass is 466 g/mol. The largest absolute Gasteiger partial charge is 0.207 e. The molecule has 0 saturated carbocycles. The molecule has 0 radical (unpaired) electrons. The van der Waals surface area contributed by atoms with E-state index in [-0.39, 0.29) is 55.7 Å². The zero-order valence-corrected chi connectivity index (χ0v) is 18.1. The van der Waals surface area contributed by atoms with Crippen molar-refractivity contribution < 1.29 is 8.78 Å². The Bertz CT molecular complexity index is 1640. The topological polar surface area (TPSA) is 143 Å². The van der Waals surface area contributed by atoms with Crippen molar-refractivity contribution in [2.45, 2.75) is 0 Å². The van der Waals surface area contributed by atoms with E-state index in [0.717, 1.165) is 24.3 Å². The van der Waals surface area contributed by atoms with E-state index in [1.807, 2.05) is 36.4 Å². The van der Waals surface area contributed by atoms with Crippen LogP contribution in [0.3, 0.4) is 0 Å². The summed E-state index contributed by atoms with van der Waals surface area (Å²) in [5, 5.41) is 57.8. The maximum atomic E-state index is 13.8. The van der Waals surface area contributed by atoms with Crippen LogP contribution in [0.5, 0.6) is 0 Å². The summed E-state index contributed by atoms with van der Waals surface area (Å²) in [6, 6.07) is 18.0. The van der Waals surface area contributed by atoms with Crippen LogP contribution in [0.2, 0.25) is 0 Å². The number of halogens is 2. The van der Waals surface area contributed by atoms with Gasteiger partial charge in [-0.3, -0.25) is 0 Å². The van der Waals surface area contributed by atoms with E-state index in [1.54, 1.807) is 0 Å². The van der Waals surface area contributed by atoms with Crippen LogP contribution in [-0.4, -0.2) is 0 Å². The quantitative estimate of drug-likeness (QED) is 0.558. The molecule has 6 nitrogen and oxygen atoms in total. The predicted octanol–water partition coefficient (Wildman–Crippen LogP) is 5.19. The van der Waals surface area contributed by atoms with E-state index >= 15 is 0 Å². The minimum absolute atomic E-state index is 0.0454. The first-order valence-electron chi connectivity index (χ1n) is 10.1. The molecule has 8 heteroatoms. The second-order valence-corrected chi connectivity index (χ2v) is 7.49. The third kappa shape index (κ3) is 3.52. The van der Waals surface area contributed by atoms with Crippen molar-refractivity contribution in [3.05, 3.63) is 116 Å². The molecule has 164 valence electrons. The van der Waals surface area contributed by atoms with Crippen molar-refractivity contribution in [1.82, 2.24) is 0 Å². The molecule has 2 aliphatic rings. The maximum absolute atomic E-state index is 13.8. The third-order valence-corrected chi connectivity index (χ3v) is 5.68. The number of hydrogen-bond donors (Lipinski definition) is 0. The van der Waals surface area contributed by atoms with Crippen molar-refractivity contribution in [2.75, 3.05) is 0 Å². The molecule has 4 rings (SSSR count). The third-order valence-electron chi connectivity index (χ3n) is 5.68. The van der Waals surface area contributed by atoms with Gasteiger partial charge in [0.25, 0.3) is 0 Å². The van der Waals surface area contributed by atoms with Crippen molar-refractivity contribution in [3.63, 3.8) is 0 Å². The number of benzene rings is 2. The van der Waals surface area contributed by atoms with Gasteiger partial charge < -0.3 is 0 Å². The Morgan fingerprint density at radius 2 is 0.917 bits per heavy atom. The lowest BCUT2D eigenvalue weighted by atomic mass is 9.88. The summed E-state index contributed by atoms with van der Waals surface area (Å²) in [7, 11) is 0. The number of hydrogen-bond acceptors (Lipinski definition) is 6. The summed E-state index contributed by atoms with van der Waals surface area (Å²) in [6.07, 6.45) is 3.02. The summed E-state index contributed by atoms with van der Waals surface area (Å²) in [4.78, 5) is 0. The highest BCUT2D eigenvalue weighted by molar-refractivity contribution is 6.06. The van der Waals surface area contributed by atoms with Gasteiger partial charge in [-0.15, -0.1) is 0 Å². The normalized spacial score (nSPS) is 13.2. The molecule has 2 aromatic rings. The highest BCUT2D eigenvalue weighted by Gasteiger charge is 2.36. The van der Waals surface area contributed by atoms with Crippen molar-refractivity contribution in [3.8, 4) is 36.4 Å². The molecule has 0 bridgehead atoms. The molecule has 0 fully saturated rings. The predicted molar refractivity (Wildman–Crippen MR) is 122 cm³/mol. The van der Waals surface area contributed by atoms with Crippen molar-refractivity contribution >= 4 is 11.1 Å². The first kappa shape index (κ1) is 23.1. The summed E-state index contributed by atoms with van der Waals surface area (Å²) in [5.41, 5.74) is 1.16. The molecule has 36 heavy (non-hydrogen) atoms. The Morgan fingerprint density at radius 1 is 0.556 bits per heavy atom. The molecule has 0 spiro atoms. The van der Waals surface area contributed by atoms with Gasteiger partial charge in [0.2, 0.25) is 0 Å². The number of rotatable bonds is 2. The number of nitrogens with zero attached hydrogens (tertiary/aromatic N) is 6. The molecule has 0 amide bonds. The fourth-order valence-corrected chi connectivity index (χ4v) is 4.22. The van der Waals surface area contributed by atoms with Crippen LogP contribution in [0.25, 0.3) is 11.1 Å². The average molecular weight is 466 g/mol. The van der Waals surface area contributed by atoms with Crippen LogP contribution < -0.4 is 0 Å². The Hall–Kier alpha value is -6.06. The molecular weight excluding hydrogens is 458 g/mol. The Balaban J connectivity index is 2.09. The summed E-state index contributed by atoms with van der Waals surface area (Å²) < 4.78 is 27.6.